The summed E-state index contributed by atoms with van der Waals surface area (Å²) in [6.45, 7) is 14.4. The van der Waals surface area contributed by atoms with Crippen LogP contribution in [0.15, 0.2) is 70.1 Å². The Balaban J connectivity index is 0. The van der Waals surface area contributed by atoms with E-state index in [1.807, 2.05) is 58.0 Å². The van der Waals surface area contributed by atoms with Gasteiger partial charge >= 0.3 is 103 Å². The monoisotopic (exact) mass is 1140 g/mol. The van der Waals surface area contributed by atoms with Crippen LogP contribution in [0.25, 0.3) is 22.5 Å². The first kappa shape index (κ1) is 60.3. The summed E-state index contributed by atoms with van der Waals surface area (Å²) in [5, 5.41) is 13.6. The van der Waals surface area contributed by atoms with Gasteiger partial charge in [0, 0.05) is 39.8 Å². The fraction of sp³-hybridized carbons (Fsp3) is 0.237. The number of aryl methyl sites for hydroxylation is 4. The standard InChI is InChI=1S/C18H18BrClN5OP.C14H18N3OP.C4HBrCl2N2.CH3F.CH2O3.2K.H/c1-10-11(2)23-15(9-21-10)12-5-6-14(16(7-12)27(3,4)26)24-17-13(19)8-22-18(20)25-17;1-9-10(2)17-13(8-16-9)11-5-6-12(15)14(7-11)19(3,4)18;5-2-1-8-4(7)9-3(2)6;1-2;2-1-4-3;;;/h5-9H,1-4H3,(H,22,24,25);5-8H,15H2,1-4H3;1H;1H3;1,3H;;;/q;;;;;2*+1;-1/p-1/i;;;1D;;;;. The van der Waals surface area contributed by atoms with E-state index in [4.69, 9.17) is 52.0 Å². The Bertz CT molecular complexity index is 2600. The van der Waals surface area contributed by atoms with Crippen LogP contribution in [0.4, 0.5) is 21.6 Å². The molecule has 0 aliphatic carbocycles. The van der Waals surface area contributed by atoms with Gasteiger partial charge in [0.25, 0.3) is 6.47 Å². The van der Waals surface area contributed by atoms with Crippen LogP contribution in [0.2, 0.25) is 15.7 Å². The number of nitrogen functional groups attached to an aromatic ring is 1. The van der Waals surface area contributed by atoms with Crippen molar-refractivity contribution in [2.45, 2.75) is 27.7 Å². The van der Waals surface area contributed by atoms with Gasteiger partial charge in [-0.15, -0.1) is 0 Å². The van der Waals surface area contributed by atoms with Crippen LogP contribution in [0.1, 0.15) is 25.6 Å². The van der Waals surface area contributed by atoms with E-state index >= 15 is 0 Å². The maximum Gasteiger partial charge on any atom is 1.00 e. The number of carbonyl (C=O) groups excluding carboxylic acids is 1. The van der Waals surface area contributed by atoms with Crippen molar-refractivity contribution in [1.29, 1.82) is 0 Å². The Morgan fingerprint density at radius 3 is 1.59 bits per heavy atom. The molecule has 0 amide bonds. The van der Waals surface area contributed by atoms with E-state index in [-0.39, 0.29) is 121 Å². The van der Waals surface area contributed by atoms with Gasteiger partial charge in [-0.25, -0.2) is 24.9 Å². The van der Waals surface area contributed by atoms with Gasteiger partial charge in [-0.1, -0.05) is 23.7 Å². The van der Waals surface area contributed by atoms with Crippen LogP contribution in [0.5, 0.6) is 0 Å². The van der Waals surface area contributed by atoms with Crippen molar-refractivity contribution in [3.8, 4) is 22.5 Å². The predicted octanol–water partition coefficient (Wildman–Crippen LogP) is 3.24. The molecule has 0 saturated heterocycles. The second kappa shape index (κ2) is 29.9. The third-order valence-electron chi connectivity index (χ3n) is 7.84. The number of halogens is 6. The number of rotatable bonds is 7. The maximum absolute atomic E-state index is 12.9. The van der Waals surface area contributed by atoms with E-state index in [0.29, 0.717) is 41.9 Å². The normalized spacial score (nSPS) is 10.4. The number of nitrogens with two attached hydrogens (primary N) is 1. The molecule has 0 radical (unpaired) electrons. The van der Waals surface area contributed by atoms with E-state index in [1.165, 1.54) is 6.20 Å². The fourth-order valence-electron chi connectivity index (χ4n) is 4.66. The Morgan fingerprint density at radius 1 is 0.746 bits per heavy atom. The molecule has 0 aliphatic rings. The van der Waals surface area contributed by atoms with Gasteiger partial charge in [0.05, 0.1) is 69.7 Å². The smallest absolute Gasteiger partial charge is 1.00 e. The zero-order valence-corrected chi connectivity index (χ0v) is 49.4. The van der Waals surface area contributed by atoms with E-state index in [9.17, 15) is 13.5 Å². The van der Waals surface area contributed by atoms with Gasteiger partial charge in [-0.2, -0.15) is 4.98 Å². The molecule has 15 nitrogen and oxygen atoms in total. The molecule has 3 N–H and O–H groups in total. The van der Waals surface area contributed by atoms with Crippen LogP contribution < -0.4 is 130 Å². The molecule has 0 bridgehead atoms. The Kier molecular flexibility index (Phi) is 28.6. The molecule has 0 fully saturated rings. The summed E-state index contributed by atoms with van der Waals surface area (Å²) >= 11 is 23.3. The number of nitrogens with one attached hydrogen (secondary N) is 1. The first-order valence-electron chi connectivity index (χ1n) is 17.8. The predicted molar refractivity (Wildman–Crippen MR) is 250 cm³/mol. The molecule has 4 heterocycles. The fourth-order valence-corrected chi connectivity index (χ4v) is 7.89. The van der Waals surface area contributed by atoms with Gasteiger partial charge in [-0.05, 0) is 134 Å². The quantitative estimate of drug-likeness (QED) is 0.0342. The van der Waals surface area contributed by atoms with Crippen molar-refractivity contribution in [3.63, 3.8) is 0 Å². The summed E-state index contributed by atoms with van der Waals surface area (Å²) in [6, 6.07) is 11.2. The summed E-state index contributed by atoms with van der Waals surface area (Å²) in [5.41, 5.74) is 14.0. The third kappa shape index (κ3) is 20.6. The number of hydrogen-bond acceptors (Lipinski definition) is 15. The van der Waals surface area contributed by atoms with Crippen molar-refractivity contribution in [1.82, 2.24) is 39.9 Å². The molecule has 0 atom stereocenters. The molecule has 6 aromatic rings. The average molecular weight is 1150 g/mol. The van der Waals surface area contributed by atoms with Gasteiger partial charge in [0.1, 0.15) is 25.3 Å². The van der Waals surface area contributed by atoms with Gasteiger partial charge in [0.15, 0.2) is 0 Å². The second-order valence-corrected chi connectivity index (χ2v) is 22.1. The summed E-state index contributed by atoms with van der Waals surface area (Å²) in [7, 11) is -5.99. The minimum Gasteiger partial charge on any atom is -1.00 e. The van der Waals surface area contributed by atoms with Crippen LogP contribution in [-0.2, 0) is 18.8 Å². The van der Waals surface area contributed by atoms with Gasteiger partial charge in [0.2, 0.25) is 10.6 Å². The Morgan fingerprint density at radius 2 is 1.17 bits per heavy atom. The van der Waals surface area contributed by atoms with E-state index in [2.05, 4.69) is 81.9 Å². The molecular weight excluding hydrogens is 1100 g/mol. The molecule has 25 heteroatoms. The van der Waals surface area contributed by atoms with Crippen LogP contribution in [0.3, 0.4) is 0 Å². The second-order valence-electron chi connectivity index (χ2n) is 13.0. The number of carbonyl (C=O) groups is 1. The molecule has 328 valence electrons. The number of alkyl halides is 1. The van der Waals surface area contributed by atoms with Crippen LogP contribution in [-0.4, -0.2) is 80.2 Å². The minimum absolute atomic E-state index is 0. The summed E-state index contributed by atoms with van der Waals surface area (Å²) < 4.78 is 42.0. The first-order chi connectivity index (χ1) is 29.0. The van der Waals surface area contributed by atoms with Crippen molar-refractivity contribution >= 4 is 115 Å². The summed E-state index contributed by atoms with van der Waals surface area (Å²) in [5.74, 6) is 0.503. The number of aromatic nitrogens is 8. The van der Waals surface area contributed by atoms with Crippen molar-refractivity contribution < 1.29 is 134 Å². The molecule has 0 spiro atoms. The largest absolute Gasteiger partial charge is 1.00 e. The van der Waals surface area contributed by atoms with E-state index in [0.717, 1.165) is 45.3 Å². The molecule has 6 rings (SSSR count). The maximum atomic E-state index is 12.9. The molecule has 0 aliphatic heterocycles. The van der Waals surface area contributed by atoms with Crippen molar-refractivity contribution in [2.75, 3.05) is 44.9 Å². The van der Waals surface area contributed by atoms with Gasteiger partial charge in [-0.3, -0.25) is 19.2 Å². The third-order valence-corrected chi connectivity index (χ3v) is 13.0. The molecule has 2 aromatic carbocycles. The summed E-state index contributed by atoms with van der Waals surface area (Å²) in [6.07, 6.45) is 6.52. The van der Waals surface area contributed by atoms with Crippen molar-refractivity contribution in [3.05, 3.63) is 109 Å². The van der Waals surface area contributed by atoms with Crippen LogP contribution in [0, 0.1) is 27.7 Å². The first-order valence-corrected chi connectivity index (χ1v) is 25.0. The number of hydrogen-bond donors (Lipinski definition) is 2. The van der Waals surface area contributed by atoms with Gasteiger partial charge < -0.3 is 31.8 Å². The van der Waals surface area contributed by atoms with E-state index in [1.54, 1.807) is 51.3 Å². The Hall–Kier alpha value is -0.717. The number of benzene rings is 2. The molecule has 4 aromatic heterocycles. The topological polar surface area (TPSA) is 225 Å². The zero-order valence-electron chi connectivity index (χ0n) is 37.9. The number of nitrogens with zero attached hydrogens (tertiary/aromatic N) is 8. The zero-order chi connectivity index (χ0) is 46.9. The molecule has 0 saturated carbocycles. The molecule has 0 unspecified atom stereocenters. The average Bonchev–Trinajstić information content (AvgIpc) is 3.20. The Labute approximate surface area is 485 Å². The van der Waals surface area contributed by atoms with Crippen molar-refractivity contribution in [2.24, 2.45) is 0 Å². The molecule has 63 heavy (non-hydrogen) atoms. The molecular formula is C38H42Br2Cl3FK2N10O5P2. The summed E-state index contributed by atoms with van der Waals surface area (Å²) in [4.78, 5) is 44.4. The minimum atomic E-state index is -2.59. The number of anilines is 3. The van der Waals surface area contributed by atoms with Crippen LogP contribution >= 0.6 is 80.9 Å². The SMILES string of the molecule is Cc1ncc(-c2ccc(N)c(P(C)(C)=O)c2)nc1C.Cc1ncc(-c2ccc(Nc3nc(Cl)ncc3Br)c(P(C)(C)=O)c2)nc1C.Clc1ncc(Br)c(Cl)n1.O=CO[O-].[2H]CF.[H-].[K+].[K+]. The van der Waals surface area contributed by atoms with E-state index < -0.39 is 21.4 Å².